The molecule has 16 nitrogen and oxygen atoms in total. The molecule has 0 heterocycles. The minimum Gasteiger partial charge on any atom is -0.508 e. The zero-order valence-corrected chi connectivity index (χ0v) is 23.4. The molecule has 0 aliphatic rings. The zero-order chi connectivity index (χ0) is 30.9. The SMILES string of the molecule is NC(N)=NCCCC(NC(=O)C(CCCN=C(N)N)NC(=O)C(CS)NC(=O)C(N)Cc1ccc(O)cc1)C(=O)O. The summed E-state index contributed by atoms with van der Waals surface area (Å²) in [5.74, 6) is -3.74. The highest BCUT2D eigenvalue weighted by Gasteiger charge is 2.29. The first-order chi connectivity index (χ1) is 19.3. The van der Waals surface area contributed by atoms with Crippen LogP contribution < -0.4 is 44.6 Å². The number of carbonyl (C=O) groups is 4. The molecule has 0 saturated carbocycles. The Morgan fingerprint density at radius 3 is 1.73 bits per heavy atom. The van der Waals surface area contributed by atoms with Crippen LogP contribution in [0.2, 0.25) is 0 Å². The van der Waals surface area contributed by atoms with Gasteiger partial charge in [-0.1, -0.05) is 12.1 Å². The lowest BCUT2D eigenvalue weighted by Gasteiger charge is -2.24. The summed E-state index contributed by atoms with van der Waals surface area (Å²) in [6.07, 6.45) is 0.772. The summed E-state index contributed by atoms with van der Waals surface area (Å²) in [4.78, 5) is 58.1. The zero-order valence-electron chi connectivity index (χ0n) is 22.5. The number of thiol groups is 1. The van der Waals surface area contributed by atoms with Gasteiger partial charge in [0.15, 0.2) is 11.9 Å². The number of aliphatic imine (C=N–C) groups is 2. The predicted molar refractivity (Wildman–Crippen MR) is 157 cm³/mol. The van der Waals surface area contributed by atoms with Gasteiger partial charge in [0.1, 0.15) is 23.9 Å². The van der Waals surface area contributed by atoms with Crippen molar-refractivity contribution in [3.8, 4) is 5.75 Å². The molecule has 1 aromatic carbocycles. The number of hydrogen-bond donors (Lipinski definition) is 11. The normalized spacial score (nSPS) is 13.5. The standard InChI is InChI=1S/C24H40N10O6S/c25-15(11-13-5-7-14(35)8-6-13)19(36)34-18(12-41)21(38)32-16(3-1-9-30-23(26)27)20(37)33-17(22(39)40)4-2-10-31-24(28)29/h5-8,15-18,35,41H,1-4,9-12,25H2,(H,32,38)(H,33,37)(H,34,36)(H,39,40)(H4,26,27,30)(H4,28,29,31). The molecule has 0 aromatic heterocycles. The minimum atomic E-state index is -1.28. The lowest BCUT2D eigenvalue weighted by Crippen LogP contribution is -2.57. The third-order valence-electron chi connectivity index (χ3n) is 5.68. The van der Waals surface area contributed by atoms with E-state index in [1.54, 1.807) is 12.1 Å². The van der Waals surface area contributed by atoms with E-state index in [4.69, 9.17) is 28.7 Å². The first kappa shape index (κ1) is 34.8. The highest BCUT2D eigenvalue weighted by Crippen LogP contribution is 2.11. The van der Waals surface area contributed by atoms with Crippen LogP contribution in [0.1, 0.15) is 31.2 Å². The van der Waals surface area contributed by atoms with Crippen molar-refractivity contribution in [1.82, 2.24) is 16.0 Å². The number of aliphatic carboxylic acids is 1. The smallest absolute Gasteiger partial charge is 0.326 e. The van der Waals surface area contributed by atoms with Crippen LogP contribution in [0.4, 0.5) is 0 Å². The van der Waals surface area contributed by atoms with Crippen molar-refractivity contribution in [3.63, 3.8) is 0 Å². The fourth-order valence-corrected chi connectivity index (χ4v) is 3.79. The highest BCUT2D eigenvalue weighted by atomic mass is 32.1. The number of benzene rings is 1. The number of hydrogen-bond acceptors (Lipinski definition) is 9. The van der Waals surface area contributed by atoms with Gasteiger partial charge >= 0.3 is 5.97 Å². The van der Waals surface area contributed by atoms with Gasteiger partial charge < -0.3 is 54.8 Å². The van der Waals surface area contributed by atoms with Crippen LogP contribution in [0, 0.1) is 0 Å². The molecular weight excluding hydrogens is 556 g/mol. The van der Waals surface area contributed by atoms with Gasteiger partial charge in [-0.25, -0.2) is 4.79 Å². The van der Waals surface area contributed by atoms with Crippen LogP contribution in [0.25, 0.3) is 0 Å². The Morgan fingerprint density at radius 1 is 0.780 bits per heavy atom. The monoisotopic (exact) mass is 596 g/mol. The molecule has 1 aromatic rings. The molecule has 0 bridgehead atoms. The average Bonchev–Trinajstić information content (AvgIpc) is 2.90. The molecule has 3 amide bonds. The molecule has 15 N–H and O–H groups in total. The quantitative estimate of drug-likeness (QED) is 0.0348. The van der Waals surface area contributed by atoms with Crippen molar-refractivity contribution in [3.05, 3.63) is 29.8 Å². The molecule has 4 atom stereocenters. The molecule has 0 fully saturated rings. The summed E-state index contributed by atoms with van der Waals surface area (Å²) in [7, 11) is 0. The molecule has 0 saturated heterocycles. The molecule has 17 heteroatoms. The molecule has 41 heavy (non-hydrogen) atoms. The fourth-order valence-electron chi connectivity index (χ4n) is 3.53. The minimum absolute atomic E-state index is 0.0285. The number of guanidine groups is 2. The Morgan fingerprint density at radius 2 is 1.24 bits per heavy atom. The van der Waals surface area contributed by atoms with Gasteiger partial charge in [0.25, 0.3) is 0 Å². The van der Waals surface area contributed by atoms with Gasteiger partial charge in [0, 0.05) is 18.8 Å². The van der Waals surface area contributed by atoms with Crippen molar-refractivity contribution >= 4 is 48.2 Å². The molecule has 1 rings (SSSR count). The van der Waals surface area contributed by atoms with E-state index < -0.39 is 47.9 Å². The van der Waals surface area contributed by atoms with Crippen LogP contribution >= 0.6 is 12.6 Å². The van der Waals surface area contributed by atoms with Crippen molar-refractivity contribution in [2.24, 2.45) is 38.7 Å². The molecular formula is C24H40N10O6S. The van der Waals surface area contributed by atoms with E-state index in [0.717, 1.165) is 0 Å². The maximum absolute atomic E-state index is 13.0. The first-order valence-electron chi connectivity index (χ1n) is 12.7. The lowest BCUT2D eigenvalue weighted by molar-refractivity contribution is -0.142. The van der Waals surface area contributed by atoms with Crippen LogP contribution in [0.3, 0.4) is 0 Å². The lowest BCUT2D eigenvalue weighted by atomic mass is 10.1. The number of carboxylic acids is 1. The van der Waals surface area contributed by atoms with Crippen molar-refractivity contribution in [1.29, 1.82) is 0 Å². The Balaban J connectivity index is 2.90. The van der Waals surface area contributed by atoms with Gasteiger partial charge in [-0.3, -0.25) is 24.4 Å². The number of carboxylic acid groups (broad SMARTS) is 1. The molecule has 0 radical (unpaired) electrons. The van der Waals surface area contributed by atoms with E-state index in [0.29, 0.717) is 5.56 Å². The van der Waals surface area contributed by atoms with Gasteiger partial charge in [-0.15, -0.1) is 0 Å². The van der Waals surface area contributed by atoms with Crippen molar-refractivity contribution < 1.29 is 29.4 Å². The number of rotatable bonds is 18. The molecule has 4 unspecified atom stereocenters. The fraction of sp³-hybridized carbons (Fsp3) is 0.500. The third kappa shape index (κ3) is 14.1. The Hall–Kier alpha value is -4.25. The summed E-state index contributed by atoms with van der Waals surface area (Å²) in [5.41, 5.74) is 27.9. The Labute approximate surface area is 243 Å². The summed E-state index contributed by atoms with van der Waals surface area (Å²) in [5, 5.41) is 26.4. The maximum atomic E-state index is 13.0. The van der Waals surface area contributed by atoms with Crippen LogP contribution in [0.15, 0.2) is 34.3 Å². The number of amides is 3. The molecule has 0 spiro atoms. The second-order valence-electron chi connectivity index (χ2n) is 9.08. The molecule has 0 aliphatic carbocycles. The molecule has 228 valence electrons. The molecule has 0 aliphatic heterocycles. The van der Waals surface area contributed by atoms with E-state index >= 15 is 0 Å². The summed E-state index contributed by atoms with van der Waals surface area (Å²) < 4.78 is 0. The Kier molecular flexibility index (Phi) is 15.4. The summed E-state index contributed by atoms with van der Waals surface area (Å²) in [6.45, 7) is 0.320. The van der Waals surface area contributed by atoms with E-state index in [1.807, 2.05) is 0 Å². The van der Waals surface area contributed by atoms with E-state index in [-0.39, 0.29) is 68.6 Å². The second kappa shape index (κ2) is 18.2. The summed E-state index contributed by atoms with van der Waals surface area (Å²) in [6, 6.07) is 1.53. The number of nitrogens with zero attached hydrogens (tertiary/aromatic N) is 2. The Bertz CT molecular complexity index is 1080. The highest BCUT2D eigenvalue weighted by molar-refractivity contribution is 7.80. The number of phenolic OH excluding ortho intramolecular Hbond substituents is 1. The topological polar surface area (TPSA) is 300 Å². The average molecular weight is 597 g/mol. The van der Waals surface area contributed by atoms with Crippen molar-refractivity contribution in [2.75, 3.05) is 18.8 Å². The van der Waals surface area contributed by atoms with Gasteiger partial charge in [0.05, 0.1) is 6.04 Å². The van der Waals surface area contributed by atoms with Crippen molar-refractivity contribution in [2.45, 2.75) is 56.3 Å². The van der Waals surface area contributed by atoms with Gasteiger partial charge in [-0.05, 0) is 49.8 Å². The largest absolute Gasteiger partial charge is 0.508 e. The van der Waals surface area contributed by atoms with Gasteiger partial charge in [-0.2, -0.15) is 12.6 Å². The van der Waals surface area contributed by atoms with Crippen LogP contribution in [-0.4, -0.2) is 88.8 Å². The van der Waals surface area contributed by atoms with Crippen LogP contribution in [0.5, 0.6) is 5.75 Å². The number of aromatic hydroxyl groups is 1. The maximum Gasteiger partial charge on any atom is 0.326 e. The first-order valence-corrected chi connectivity index (χ1v) is 13.4. The number of nitrogens with two attached hydrogens (primary N) is 5. The van der Waals surface area contributed by atoms with Gasteiger partial charge in [0.2, 0.25) is 17.7 Å². The summed E-state index contributed by atoms with van der Waals surface area (Å²) >= 11 is 4.14. The second-order valence-corrected chi connectivity index (χ2v) is 9.44. The third-order valence-corrected chi connectivity index (χ3v) is 6.05. The number of nitrogens with one attached hydrogen (secondary N) is 3. The van der Waals surface area contributed by atoms with E-state index in [2.05, 4.69) is 38.6 Å². The van der Waals surface area contributed by atoms with E-state index in [1.165, 1.54) is 12.1 Å². The number of carbonyl (C=O) groups excluding carboxylic acids is 3. The van der Waals surface area contributed by atoms with E-state index in [9.17, 15) is 29.4 Å². The predicted octanol–water partition coefficient (Wildman–Crippen LogP) is -3.16. The number of phenols is 1. The van der Waals surface area contributed by atoms with Crippen LogP contribution in [-0.2, 0) is 25.6 Å².